The van der Waals surface area contributed by atoms with Crippen molar-refractivity contribution in [3.63, 3.8) is 0 Å². The average molecular weight is 274 g/mol. The molecule has 0 aliphatic carbocycles. The molecule has 2 rings (SSSR count). The van der Waals surface area contributed by atoms with Crippen molar-refractivity contribution in [1.82, 2.24) is 4.90 Å². The number of methoxy groups -OCH3 is 1. The molecule has 1 atom stereocenters. The smallest absolute Gasteiger partial charge is 0.119 e. The minimum absolute atomic E-state index is 0.135. The van der Waals surface area contributed by atoms with Gasteiger partial charge in [0.1, 0.15) is 17.3 Å². The first-order valence-corrected chi connectivity index (χ1v) is 6.73. The maximum Gasteiger partial charge on any atom is 0.119 e. The van der Waals surface area contributed by atoms with E-state index in [-0.39, 0.29) is 6.04 Å². The molecule has 20 heavy (non-hydrogen) atoms. The van der Waals surface area contributed by atoms with Gasteiger partial charge in [0, 0.05) is 12.6 Å². The summed E-state index contributed by atoms with van der Waals surface area (Å²) in [7, 11) is 3.72. The molecule has 0 bridgehead atoms. The van der Waals surface area contributed by atoms with Crippen LogP contribution in [0.4, 0.5) is 0 Å². The Morgan fingerprint density at radius 1 is 1.30 bits per heavy atom. The SMILES string of the molecule is COc1cccc(C(CN)N(C)Cc2ccc(C)o2)c1. The van der Waals surface area contributed by atoms with Gasteiger partial charge in [0.15, 0.2) is 0 Å². The van der Waals surface area contributed by atoms with E-state index < -0.39 is 0 Å². The summed E-state index contributed by atoms with van der Waals surface area (Å²) in [6, 6.07) is 12.1. The summed E-state index contributed by atoms with van der Waals surface area (Å²) in [6.07, 6.45) is 0. The van der Waals surface area contributed by atoms with Crippen molar-refractivity contribution in [2.24, 2.45) is 5.73 Å². The Morgan fingerprint density at radius 2 is 2.10 bits per heavy atom. The van der Waals surface area contributed by atoms with Crippen LogP contribution in [0.1, 0.15) is 23.1 Å². The molecule has 4 heteroatoms. The van der Waals surface area contributed by atoms with Crippen LogP contribution < -0.4 is 10.5 Å². The lowest BCUT2D eigenvalue weighted by molar-refractivity contribution is 0.221. The molecule has 2 N–H and O–H groups in total. The van der Waals surface area contributed by atoms with Gasteiger partial charge in [-0.15, -0.1) is 0 Å². The monoisotopic (exact) mass is 274 g/mol. The topological polar surface area (TPSA) is 51.6 Å². The quantitative estimate of drug-likeness (QED) is 0.880. The zero-order chi connectivity index (χ0) is 14.5. The second-order valence-corrected chi connectivity index (χ2v) is 4.96. The highest BCUT2D eigenvalue weighted by molar-refractivity contribution is 5.30. The van der Waals surface area contributed by atoms with Crippen molar-refractivity contribution in [3.05, 3.63) is 53.5 Å². The lowest BCUT2D eigenvalue weighted by Gasteiger charge is -2.26. The molecule has 2 aromatic rings. The number of ether oxygens (including phenoxy) is 1. The molecule has 1 aromatic carbocycles. The van der Waals surface area contributed by atoms with Crippen LogP contribution in [0.2, 0.25) is 0 Å². The molecule has 0 radical (unpaired) electrons. The number of hydrogen-bond acceptors (Lipinski definition) is 4. The molecule has 0 amide bonds. The Bertz CT molecular complexity index is 551. The van der Waals surface area contributed by atoms with Crippen LogP contribution in [0.5, 0.6) is 5.75 Å². The van der Waals surface area contributed by atoms with E-state index >= 15 is 0 Å². The number of rotatable bonds is 6. The van der Waals surface area contributed by atoms with Crippen molar-refractivity contribution in [2.45, 2.75) is 19.5 Å². The molecule has 0 saturated carbocycles. The maximum atomic E-state index is 5.94. The van der Waals surface area contributed by atoms with Gasteiger partial charge in [-0.05, 0) is 43.8 Å². The first-order valence-electron chi connectivity index (χ1n) is 6.73. The maximum absolute atomic E-state index is 5.94. The molecular formula is C16H22N2O2. The van der Waals surface area contributed by atoms with Crippen molar-refractivity contribution in [3.8, 4) is 5.75 Å². The highest BCUT2D eigenvalue weighted by Gasteiger charge is 2.17. The molecule has 0 aliphatic rings. The third-order valence-corrected chi connectivity index (χ3v) is 3.44. The predicted molar refractivity (Wildman–Crippen MR) is 79.7 cm³/mol. The summed E-state index contributed by atoms with van der Waals surface area (Å²) in [5.41, 5.74) is 7.09. The van der Waals surface area contributed by atoms with Gasteiger partial charge in [-0.25, -0.2) is 0 Å². The van der Waals surface area contributed by atoms with Gasteiger partial charge in [0.05, 0.1) is 13.7 Å². The summed E-state index contributed by atoms with van der Waals surface area (Å²) in [5, 5.41) is 0. The number of nitrogens with two attached hydrogens (primary N) is 1. The van der Waals surface area contributed by atoms with E-state index in [0.29, 0.717) is 6.54 Å². The van der Waals surface area contributed by atoms with E-state index in [4.69, 9.17) is 14.9 Å². The molecule has 1 heterocycles. The first-order chi connectivity index (χ1) is 9.63. The molecule has 0 spiro atoms. The fourth-order valence-electron chi connectivity index (χ4n) is 2.35. The van der Waals surface area contributed by atoms with Crippen molar-refractivity contribution in [1.29, 1.82) is 0 Å². The Labute approximate surface area is 120 Å². The third kappa shape index (κ3) is 3.40. The van der Waals surface area contributed by atoms with Gasteiger partial charge in [-0.2, -0.15) is 0 Å². The van der Waals surface area contributed by atoms with Gasteiger partial charge in [-0.3, -0.25) is 4.90 Å². The van der Waals surface area contributed by atoms with Crippen LogP contribution in [0.25, 0.3) is 0 Å². The van der Waals surface area contributed by atoms with Crippen molar-refractivity contribution < 1.29 is 9.15 Å². The van der Waals surface area contributed by atoms with Crippen LogP contribution in [-0.4, -0.2) is 25.6 Å². The van der Waals surface area contributed by atoms with E-state index in [1.807, 2.05) is 37.3 Å². The van der Waals surface area contributed by atoms with Gasteiger partial charge >= 0.3 is 0 Å². The van der Waals surface area contributed by atoms with Gasteiger partial charge in [-0.1, -0.05) is 12.1 Å². The standard InChI is InChI=1S/C16H22N2O2/c1-12-7-8-15(20-12)11-18(2)16(10-17)13-5-4-6-14(9-13)19-3/h4-9,16H,10-11,17H2,1-3H3. The van der Waals surface area contributed by atoms with Crippen LogP contribution in [0.15, 0.2) is 40.8 Å². The first kappa shape index (κ1) is 14.6. The third-order valence-electron chi connectivity index (χ3n) is 3.44. The number of likely N-dealkylation sites (N-methyl/N-ethyl adjacent to an activating group) is 1. The Kier molecular flexibility index (Phi) is 4.82. The number of hydrogen-bond donors (Lipinski definition) is 1. The highest BCUT2D eigenvalue weighted by atomic mass is 16.5. The van der Waals surface area contributed by atoms with E-state index in [9.17, 15) is 0 Å². The zero-order valence-electron chi connectivity index (χ0n) is 12.3. The molecule has 0 saturated heterocycles. The van der Waals surface area contributed by atoms with Crippen LogP contribution in [0.3, 0.4) is 0 Å². The van der Waals surface area contributed by atoms with Crippen molar-refractivity contribution >= 4 is 0 Å². The number of aryl methyl sites for hydroxylation is 1. The largest absolute Gasteiger partial charge is 0.497 e. The molecule has 0 aliphatic heterocycles. The number of furan rings is 1. The molecule has 4 nitrogen and oxygen atoms in total. The molecular weight excluding hydrogens is 252 g/mol. The number of benzene rings is 1. The van der Waals surface area contributed by atoms with Crippen LogP contribution in [0, 0.1) is 6.92 Å². The summed E-state index contributed by atoms with van der Waals surface area (Å²) >= 11 is 0. The Balaban J connectivity index is 2.13. The fourth-order valence-corrected chi connectivity index (χ4v) is 2.35. The minimum Gasteiger partial charge on any atom is -0.497 e. The summed E-state index contributed by atoms with van der Waals surface area (Å²) in [5.74, 6) is 2.73. The lowest BCUT2D eigenvalue weighted by atomic mass is 10.1. The van der Waals surface area contributed by atoms with Gasteiger partial charge < -0.3 is 14.9 Å². The molecule has 1 aromatic heterocycles. The Hall–Kier alpha value is -1.78. The van der Waals surface area contributed by atoms with Crippen molar-refractivity contribution in [2.75, 3.05) is 20.7 Å². The van der Waals surface area contributed by atoms with Gasteiger partial charge in [0.25, 0.3) is 0 Å². The van der Waals surface area contributed by atoms with E-state index in [2.05, 4.69) is 18.0 Å². The highest BCUT2D eigenvalue weighted by Crippen LogP contribution is 2.24. The molecule has 108 valence electrons. The normalized spacial score (nSPS) is 12.7. The fraction of sp³-hybridized carbons (Fsp3) is 0.375. The van der Waals surface area contributed by atoms with Gasteiger partial charge in [0.2, 0.25) is 0 Å². The van der Waals surface area contributed by atoms with E-state index in [1.165, 1.54) is 0 Å². The second kappa shape index (κ2) is 6.59. The number of nitrogens with zero attached hydrogens (tertiary/aromatic N) is 1. The summed E-state index contributed by atoms with van der Waals surface area (Å²) < 4.78 is 10.9. The lowest BCUT2D eigenvalue weighted by Crippen LogP contribution is -2.30. The van der Waals surface area contributed by atoms with Crippen LogP contribution >= 0.6 is 0 Å². The average Bonchev–Trinajstić information content (AvgIpc) is 2.85. The molecule has 0 fully saturated rings. The van der Waals surface area contributed by atoms with E-state index in [1.54, 1.807) is 7.11 Å². The summed E-state index contributed by atoms with van der Waals surface area (Å²) in [6.45, 7) is 3.22. The zero-order valence-corrected chi connectivity index (χ0v) is 12.3. The Morgan fingerprint density at radius 3 is 2.70 bits per heavy atom. The van der Waals surface area contributed by atoms with E-state index in [0.717, 1.165) is 29.4 Å². The summed E-state index contributed by atoms with van der Waals surface area (Å²) in [4.78, 5) is 2.19. The second-order valence-electron chi connectivity index (χ2n) is 4.96. The minimum atomic E-state index is 0.135. The van der Waals surface area contributed by atoms with Crippen LogP contribution in [-0.2, 0) is 6.54 Å². The predicted octanol–water partition coefficient (Wildman–Crippen LogP) is 2.73. The molecule has 1 unspecified atom stereocenters.